The maximum Gasteiger partial charge on any atom is 2.00 e. The molecule has 0 fully saturated rings. The SMILES string of the molecule is CC[P+](=O)O.[Ca+2].[H-].[H-]. The molecule has 0 aromatic rings. The van der Waals surface area contributed by atoms with Crippen LogP contribution in [0.15, 0.2) is 0 Å². The van der Waals surface area contributed by atoms with E-state index in [9.17, 15) is 4.57 Å². The summed E-state index contributed by atoms with van der Waals surface area (Å²) in [5.74, 6) is 0. The van der Waals surface area contributed by atoms with Crippen molar-refractivity contribution in [2.45, 2.75) is 6.92 Å². The zero-order chi connectivity index (χ0) is 4.28. The normalized spacial score (nSPS) is 9.33. The van der Waals surface area contributed by atoms with Gasteiger partial charge in [-0.3, -0.25) is 0 Å². The predicted molar refractivity (Wildman–Crippen MR) is 28.3 cm³/mol. The van der Waals surface area contributed by atoms with E-state index in [-0.39, 0.29) is 40.6 Å². The topological polar surface area (TPSA) is 37.3 Å². The maximum atomic E-state index is 9.52. The minimum Gasteiger partial charge on any atom is -1.00 e. The fourth-order valence-corrected chi connectivity index (χ4v) is 0. The minimum absolute atomic E-state index is 0. The summed E-state index contributed by atoms with van der Waals surface area (Å²) in [5, 5.41) is 0. The van der Waals surface area contributed by atoms with E-state index >= 15 is 0 Å². The van der Waals surface area contributed by atoms with Crippen LogP contribution in [0.3, 0.4) is 0 Å². The third-order valence-corrected chi connectivity index (χ3v) is 0.812. The first-order chi connectivity index (χ1) is 2.27. The van der Waals surface area contributed by atoms with Crippen LogP contribution in [0.25, 0.3) is 0 Å². The van der Waals surface area contributed by atoms with E-state index in [0.717, 1.165) is 0 Å². The first-order valence-corrected chi connectivity index (χ1v) is 2.80. The van der Waals surface area contributed by atoms with Gasteiger partial charge in [0.15, 0.2) is 6.16 Å². The van der Waals surface area contributed by atoms with Crippen molar-refractivity contribution >= 4 is 45.8 Å². The van der Waals surface area contributed by atoms with E-state index in [1.807, 2.05) is 0 Å². The number of hydrogen-bond acceptors (Lipinski definition) is 1. The van der Waals surface area contributed by atoms with E-state index < -0.39 is 8.03 Å². The Bertz CT molecular complexity index is 53.3. The standard InChI is InChI=1S/C2H5O2P.Ca.2H/c1-2-5(3)4;;;/h2H2,1H3;;;/q;+2;2*-1/p+1. The quantitative estimate of drug-likeness (QED) is 0.422. The monoisotopic (exact) mass is 135 g/mol. The summed E-state index contributed by atoms with van der Waals surface area (Å²) in [5.41, 5.74) is 0. The van der Waals surface area contributed by atoms with Gasteiger partial charge in [0.25, 0.3) is 0 Å². The molecular formula is C2H8CaO2P+. The van der Waals surface area contributed by atoms with Crippen molar-refractivity contribution in [3.05, 3.63) is 0 Å². The Morgan fingerprint density at radius 2 is 2.17 bits per heavy atom. The van der Waals surface area contributed by atoms with E-state index in [1.54, 1.807) is 6.92 Å². The van der Waals surface area contributed by atoms with Crippen LogP contribution in [-0.2, 0) is 4.57 Å². The van der Waals surface area contributed by atoms with E-state index in [1.165, 1.54) is 0 Å². The molecular weight excluding hydrogens is 127 g/mol. The fraction of sp³-hybridized carbons (Fsp3) is 1.00. The second-order valence-corrected chi connectivity index (χ2v) is 2.01. The van der Waals surface area contributed by atoms with E-state index in [0.29, 0.717) is 6.16 Å². The molecule has 0 amide bonds. The Balaban J connectivity index is -0.0000000267. The van der Waals surface area contributed by atoms with Crippen molar-refractivity contribution < 1.29 is 12.3 Å². The van der Waals surface area contributed by atoms with Crippen molar-refractivity contribution in [3.63, 3.8) is 0 Å². The van der Waals surface area contributed by atoms with Gasteiger partial charge in [-0.15, -0.1) is 0 Å². The van der Waals surface area contributed by atoms with Gasteiger partial charge in [0, 0.05) is 0 Å². The molecule has 34 valence electrons. The largest absolute Gasteiger partial charge is 2.00 e. The van der Waals surface area contributed by atoms with E-state index in [2.05, 4.69) is 0 Å². The summed E-state index contributed by atoms with van der Waals surface area (Å²) in [6.45, 7) is 1.67. The maximum absolute atomic E-state index is 9.52. The summed E-state index contributed by atoms with van der Waals surface area (Å²) < 4.78 is 9.52. The molecule has 1 N–H and O–H groups in total. The molecule has 0 bridgehead atoms. The third kappa shape index (κ3) is 9.01. The first-order valence-electron chi connectivity index (χ1n) is 1.41. The molecule has 0 spiro atoms. The molecule has 0 saturated heterocycles. The van der Waals surface area contributed by atoms with Crippen LogP contribution in [-0.4, -0.2) is 48.8 Å². The fourth-order valence-electron chi connectivity index (χ4n) is 0. The molecule has 4 heteroatoms. The van der Waals surface area contributed by atoms with Crippen molar-refractivity contribution in [2.24, 2.45) is 0 Å². The van der Waals surface area contributed by atoms with Crippen LogP contribution in [0.1, 0.15) is 9.78 Å². The summed E-state index contributed by atoms with van der Waals surface area (Å²) in [6, 6.07) is 0. The molecule has 2 nitrogen and oxygen atoms in total. The zero-order valence-electron chi connectivity index (χ0n) is 5.72. The summed E-state index contributed by atoms with van der Waals surface area (Å²) in [4.78, 5) is 7.87. The number of rotatable bonds is 1. The predicted octanol–water partition coefficient (Wildman–Crippen LogP) is 0.585. The van der Waals surface area contributed by atoms with Crippen LogP contribution >= 0.6 is 8.03 Å². The van der Waals surface area contributed by atoms with Crippen molar-refractivity contribution in [1.29, 1.82) is 0 Å². The minimum atomic E-state index is -1.85. The van der Waals surface area contributed by atoms with Crippen LogP contribution in [0.2, 0.25) is 0 Å². The third-order valence-electron chi connectivity index (χ3n) is 0.271. The second kappa shape index (κ2) is 6.32. The van der Waals surface area contributed by atoms with Gasteiger partial charge in [-0.1, -0.05) is 0 Å². The Morgan fingerprint density at radius 1 is 2.00 bits per heavy atom. The van der Waals surface area contributed by atoms with Gasteiger partial charge in [-0.05, 0) is 11.5 Å². The molecule has 0 radical (unpaired) electrons. The Labute approximate surface area is 70.8 Å². The summed E-state index contributed by atoms with van der Waals surface area (Å²) in [6.07, 6.45) is 0.370. The molecule has 0 heterocycles. The van der Waals surface area contributed by atoms with Crippen molar-refractivity contribution in [1.82, 2.24) is 0 Å². The molecule has 0 aromatic heterocycles. The Hall–Kier alpha value is 1.32. The first kappa shape index (κ1) is 10.3. The van der Waals surface area contributed by atoms with Gasteiger partial charge < -0.3 is 2.85 Å². The van der Waals surface area contributed by atoms with Gasteiger partial charge in [0.05, 0.1) is 0 Å². The van der Waals surface area contributed by atoms with Crippen LogP contribution in [0.5, 0.6) is 0 Å². The molecule has 0 rings (SSSR count). The summed E-state index contributed by atoms with van der Waals surface area (Å²) >= 11 is 0. The van der Waals surface area contributed by atoms with Crippen LogP contribution < -0.4 is 0 Å². The second-order valence-electron chi connectivity index (χ2n) is 0.668. The van der Waals surface area contributed by atoms with E-state index in [4.69, 9.17) is 4.89 Å². The smallest absolute Gasteiger partial charge is 1.00 e. The molecule has 0 aliphatic heterocycles. The summed E-state index contributed by atoms with van der Waals surface area (Å²) in [7, 11) is -1.85. The Morgan fingerprint density at radius 3 is 2.17 bits per heavy atom. The van der Waals surface area contributed by atoms with Gasteiger partial charge in [0.1, 0.15) is 0 Å². The zero-order valence-corrected chi connectivity index (χ0v) is 6.82. The van der Waals surface area contributed by atoms with Gasteiger partial charge in [-0.25, -0.2) is 0 Å². The Kier molecular flexibility index (Phi) is 10.9. The molecule has 1 atom stereocenters. The molecule has 6 heavy (non-hydrogen) atoms. The van der Waals surface area contributed by atoms with Gasteiger partial charge in [-0.2, -0.15) is 4.89 Å². The molecule has 0 aromatic carbocycles. The van der Waals surface area contributed by atoms with Gasteiger partial charge >= 0.3 is 45.8 Å². The van der Waals surface area contributed by atoms with Gasteiger partial charge in [0.2, 0.25) is 0 Å². The molecule has 0 saturated carbocycles. The van der Waals surface area contributed by atoms with Crippen LogP contribution in [0, 0.1) is 0 Å². The molecule has 0 aliphatic carbocycles. The average molecular weight is 135 g/mol. The molecule has 1 unspecified atom stereocenters. The van der Waals surface area contributed by atoms with Crippen molar-refractivity contribution in [3.8, 4) is 0 Å². The average Bonchev–Trinajstić information content (AvgIpc) is 1.38. The van der Waals surface area contributed by atoms with Crippen molar-refractivity contribution in [2.75, 3.05) is 6.16 Å². The van der Waals surface area contributed by atoms with Crippen LogP contribution in [0.4, 0.5) is 0 Å². The molecule has 0 aliphatic rings. The number of hydrogen-bond donors (Lipinski definition) is 1.